The van der Waals surface area contributed by atoms with Gasteiger partial charge < -0.3 is 4.90 Å². The summed E-state index contributed by atoms with van der Waals surface area (Å²) in [6.45, 7) is 21.4. The Labute approximate surface area is 145 Å². The number of amidine groups is 1. The number of hydrogen-bond donors (Lipinski definition) is 0. The van der Waals surface area contributed by atoms with E-state index in [1.165, 1.54) is 0 Å². The Hall–Kier alpha value is -1.31. The number of aliphatic imine (C=N–C) groups is 1. The van der Waals surface area contributed by atoms with Gasteiger partial charge in [0.1, 0.15) is 5.84 Å². The fraction of sp³-hybridized carbons (Fsp3) is 0.667. The SMILES string of the molecule is CC.CC.CC(C)C1(C)C=CC2=NC(C)(C(C)C)C=CN2C=C1. The maximum Gasteiger partial charge on any atom is 0.132 e. The van der Waals surface area contributed by atoms with E-state index in [4.69, 9.17) is 4.99 Å². The molecule has 0 radical (unpaired) electrons. The molecular weight excluding hydrogens is 280 g/mol. The van der Waals surface area contributed by atoms with Crippen molar-refractivity contribution in [2.45, 2.75) is 74.8 Å². The van der Waals surface area contributed by atoms with Crippen LogP contribution in [0.3, 0.4) is 0 Å². The van der Waals surface area contributed by atoms with Gasteiger partial charge in [-0.3, -0.25) is 4.99 Å². The Morgan fingerprint density at radius 2 is 1.35 bits per heavy atom. The molecule has 0 amide bonds. The summed E-state index contributed by atoms with van der Waals surface area (Å²) in [4.78, 5) is 7.06. The maximum absolute atomic E-state index is 4.94. The molecule has 2 nitrogen and oxygen atoms in total. The number of hydrogen-bond acceptors (Lipinski definition) is 2. The molecule has 132 valence electrons. The normalized spacial score (nSPS) is 28.3. The van der Waals surface area contributed by atoms with Gasteiger partial charge in [-0.15, -0.1) is 0 Å². The van der Waals surface area contributed by atoms with E-state index in [1.807, 2.05) is 27.7 Å². The van der Waals surface area contributed by atoms with E-state index in [0.717, 1.165) is 5.84 Å². The molecule has 2 unspecified atom stereocenters. The highest BCUT2D eigenvalue weighted by atomic mass is 15.2. The van der Waals surface area contributed by atoms with Crippen LogP contribution in [0.15, 0.2) is 41.7 Å². The van der Waals surface area contributed by atoms with Gasteiger partial charge in [0.2, 0.25) is 0 Å². The second kappa shape index (κ2) is 9.10. The first-order chi connectivity index (χ1) is 10.8. The lowest BCUT2D eigenvalue weighted by Gasteiger charge is -2.33. The smallest absolute Gasteiger partial charge is 0.132 e. The molecule has 2 heterocycles. The lowest BCUT2D eigenvalue weighted by atomic mass is 9.79. The Bertz CT molecular complexity index is 460. The van der Waals surface area contributed by atoms with Crippen LogP contribution in [-0.2, 0) is 0 Å². The molecule has 0 spiro atoms. The molecule has 0 aromatic heterocycles. The molecule has 0 saturated heterocycles. The summed E-state index contributed by atoms with van der Waals surface area (Å²) in [7, 11) is 0. The number of rotatable bonds is 2. The lowest BCUT2D eigenvalue weighted by molar-refractivity contribution is 0.381. The van der Waals surface area contributed by atoms with Gasteiger partial charge in [0.05, 0.1) is 5.54 Å². The summed E-state index contributed by atoms with van der Waals surface area (Å²) in [6, 6.07) is 0. The Morgan fingerprint density at radius 3 is 1.83 bits per heavy atom. The molecule has 2 aliphatic rings. The first-order valence-electron chi connectivity index (χ1n) is 9.23. The van der Waals surface area contributed by atoms with Crippen LogP contribution in [0, 0.1) is 17.3 Å². The van der Waals surface area contributed by atoms with Gasteiger partial charge in [-0.25, -0.2) is 0 Å². The van der Waals surface area contributed by atoms with E-state index in [2.05, 4.69) is 83.1 Å². The highest BCUT2D eigenvalue weighted by Gasteiger charge is 2.31. The van der Waals surface area contributed by atoms with Gasteiger partial charge in [0.25, 0.3) is 0 Å². The second-order valence-electron chi connectivity index (χ2n) is 6.74. The van der Waals surface area contributed by atoms with Crippen molar-refractivity contribution in [2.24, 2.45) is 22.2 Å². The number of allylic oxidation sites excluding steroid dienone is 2. The zero-order valence-electron chi connectivity index (χ0n) is 17.0. The van der Waals surface area contributed by atoms with Crippen LogP contribution in [0.5, 0.6) is 0 Å². The fourth-order valence-corrected chi connectivity index (χ4v) is 2.16. The summed E-state index contributed by atoms with van der Waals surface area (Å²) in [5.74, 6) is 2.11. The topological polar surface area (TPSA) is 15.6 Å². The fourth-order valence-electron chi connectivity index (χ4n) is 2.16. The van der Waals surface area contributed by atoms with Gasteiger partial charge in [-0.05, 0) is 30.9 Å². The molecule has 2 aliphatic heterocycles. The molecule has 23 heavy (non-hydrogen) atoms. The quantitative estimate of drug-likeness (QED) is 0.573. The van der Waals surface area contributed by atoms with Gasteiger partial charge in [0.15, 0.2) is 0 Å². The van der Waals surface area contributed by atoms with Crippen LogP contribution in [0.2, 0.25) is 0 Å². The Balaban J connectivity index is 0.00000112. The van der Waals surface area contributed by atoms with Crippen LogP contribution in [0.4, 0.5) is 0 Å². The molecule has 0 fully saturated rings. The van der Waals surface area contributed by atoms with Crippen molar-refractivity contribution < 1.29 is 0 Å². The molecule has 2 rings (SSSR count). The van der Waals surface area contributed by atoms with Crippen molar-refractivity contribution in [2.75, 3.05) is 0 Å². The summed E-state index contributed by atoms with van der Waals surface area (Å²) in [6.07, 6.45) is 13.2. The third-order valence-corrected chi connectivity index (χ3v) is 4.79. The monoisotopic (exact) mass is 318 g/mol. The molecule has 0 aliphatic carbocycles. The molecule has 0 bridgehead atoms. The highest BCUT2D eigenvalue weighted by Crippen LogP contribution is 2.34. The minimum Gasteiger partial charge on any atom is -0.309 e. The first-order valence-corrected chi connectivity index (χ1v) is 9.23. The largest absolute Gasteiger partial charge is 0.309 e. The Morgan fingerprint density at radius 1 is 0.826 bits per heavy atom. The summed E-state index contributed by atoms with van der Waals surface area (Å²) < 4.78 is 0. The minimum atomic E-state index is -0.0947. The summed E-state index contributed by atoms with van der Waals surface area (Å²) in [5.41, 5.74) is 0.00448. The lowest BCUT2D eigenvalue weighted by Crippen LogP contribution is -2.35. The average molecular weight is 319 g/mol. The maximum atomic E-state index is 4.94. The van der Waals surface area contributed by atoms with Crippen LogP contribution in [0.25, 0.3) is 0 Å². The average Bonchev–Trinajstić information content (AvgIpc) is 2.71. The van der Waals surface area contributed by atoms with Crippen LogP contribution >= 0.6 is 0 Å². The molecular formula is C21H38N2. The third kappa shape index (κ3) is 5.09. The molecule has 0 aromatic carbocycles. The van der Waals surface area contributed by atoms with Crippen LogP contribution in [-0.4, -0.2) is 16.3 Å². The van der Waals surface area contributed by atoms with Gasteiger partial charge >= 0.3 is 0 Å². The zero-order chi connectivity index (χ0) is 18.3. The molecule has 0 saturated carbocycles. The van der Waals surface area contributed by atoms with E-state index in [-0.39, 0.29) is 11.0 Å². The Kier molecular flexibility index (Phi) is 8.58. The molecule has 0 N–H and O–H groups in total. The first kappa shape index (κ1) is 21.7. The van der Waals surface area contributed by atoms with E-state index in [9.17, 15) is 0 Å². The standard InChI is InChI=1S/C17H26N2.2C2H6/c1-13(2)16(5)8-7-15-18-17(6,14(3)4)10-12-19(15)11-9-16;2*1-2/h7-14H,1-6H3;2*1-2H3. The van der Waals surface area contributed by atoms with Crippen molar-refractivity contribution >= 4 is 5.84 Å². The van der Waals surface area contributed by atoms with E-state index >= 15 is 0 Å². The number of nitrogens with zero attached hydrogens (tertiary/aromatic N) is 2. The van der Waals surface area contributed by atoms with Crippen LogP contribution in [0.1, 0.15) is 69.2 Å². The van der Waals surface area contributed by atoms with E-state index in [0.29, 0.717) is 11.8 Å². The van der Waals surface area contributed by atoms with Gasteiger partial charge in [-0.1, -0.05) is 74.5 Å². The van der Waals surface area contributed by atoms with Crippen LogP contribution < -0.4 is 0 Å². The summed E-state index contributed by atoms with van der Waals surface area (Å²) >= 11 is 0. The highest BCUT2D eigenvalue weighted by molar-refractivity contribution is 5.96. The second-order valence-corrected chi connectivity index (χ2v) is 6.74. The van der Waals surface area contributed by atoms with E-state index in [1.54, 1.807) is 0 Å². The van der Waals surface area contributed by atoms with Crippen molar-refractivity contribution in [3.05, 3.63) is 36.7 Å². The number of fused-ring (bicyclic) bond motifs is 1. The van der Waals surface area contributed by atoms with Gasteiger partial charge in [-0.2, -0.15) is 0 Å². The van der Waals surface area contributed by atoms with Crippen molar-refractivity contribution in [1.29, 1.82) is 0 Å². The minimum absolute atomic E-state index is 0.0947. The van der Waals surface area contributed by atoms with E-state index < -0.39 is 0 Å². The van der Waals surface area contributed by atoms with Crippen molar-refractivity contribution in [3.8, 4) is 0 Å². The molecule has 0 aromatic rings. The molecule has 2 heteroatoms. The van der Waals surface area contributed by atoms with Crippen molar-refractivity contribution in [3.63, 3.8) is 0 Å². The predicted octanol–water partition coefficient (Wildman–Crippen LogP) is 6.43. The summed E-state index contributed by atoms with van der Waals surface area (Å²) in [5, 5.41) is 0. The zero-order valence-corrected chi connectivity index (χ0v) is 17.0. The third-order valence-electron chi connectivity index (χ3n) is 4.79. The van der Waals surface area contributed by atoms with Crippen molar-refractivity contribution in [1.82, 2.24) is 4.90 Å². The molecule has 2 atom stereocenters. The predicted molar refractivity (Wildman–Crippen MR) is 106 cm³/mol. The van der Waals surface area contributed by atoms with Gasteiger partial charge in [0, 0.05) is 17.8 Å².